The molecule has 0 spiro atoms. The van der Waals surface area contributed by atoms with Crippen molar-refractivity contribution in [3.63, 3.8) is 0 Å². The summed E-state index contributed by atoms with van der Waals surface area (Å²) >= 11 is 5.85. The molecule has 0 saturated carbocycles. The summed E-state index contributed by atoms with van der Waals surface area (Å²) in [6.45, 7) is -0.621. The SMILES string of the molecule is O=C(COC(=O)c1cccc(N2C(=O)c3ccccc3C2=O)c1)Nc1ccc(F)cc1Cl. The number of nitrogens with zero attached hydrogens (tertiary/aromatic N) is 1. The highest BCUT2D eigenvalue weighted by molar-refractivity contribution is 6.34. The number of hydrogen-bond acceptors (Lipinski definition) is 5. The molecule has 0 bridgehead atoms. The summed E-state index contributed by atoms with van der Waals surface area (Å²) in [6.07, 6.45) is 0. The summed E-state index contributed by atoms with van der Waals surface area (Å²) in [5.41, 5.74) is 0.977. The lowest BCUT2D eigenvalue weighted by Crippen LogP contribution is -2.29. The molecule has 0 radical (unpaired) electrons. The summed E-state index contributed by atoms with van der Waals surface area (Å²) in [6, 6.07) is 15.6. The molecule has 3 aromatic carbocycles. The third kappa shape index (κ3) is 4.08. The topological polar surface area (TPSA) is 92.8 Å². The molecular weight excluding hydrogens is 439 g/mol. The molecule has 0 aromatic heterocycles. The first kappa shape index (κ1) is 21.2. The Kier molecular flexibility index (Phi) is 5.70. The highest BCUT2D eigenvalue weighted by Crippen LogP contribution is 2.29. The first-order valence-corrected chi connectivity index (χ1v) is 9.73. The third-order valence-corrected chi connectivity index (χ3v) is 4.99. The number of carbonyl (C=O) groups is 4. The van der Waals surface area contributed by atoms with Crippen LogP contribution in [0.25, 0.3) is 0 Å². The van der Waals surface area contributed by atoms with Crippen LogP contribution in [-0.4, -0.2) is 30.3 Å². The molecule has 0 fully saturated rings. The van der Waals surface area contributed by atoms with E-state index < -0.39 is 36.1 Å². The van der Waals surface area contributed by atoms with Gasteiger partial charge < -0.3 is 10.1 Å². The Bertz CT molecular complexity index is 1240. The van der Waals surface area contributed by atoms with Crippen LogP contribution in [0.3, 0.4) is 0 Å². The van der Waals surface area contributed by atoms with Gasteiger partial charge in [0, 0.05) is 0 Å². The predicted molar refractivity (Wildman–Crippen MR) is 114 cm³/mol. The first-order valence-electron chi connectivity index (χ1n) is 9.35. The quantitative estimate of drug-likeness (QED) is 0.465. The van der Waals surface area contributed by atoms with E-state index in [0.717, 1.165) is 17.0 Å². The highest BCUT2D eigenvalue weighted by atomic mass is 35.5. The predicted octanol–water partition coefficient (Wildman–Crippen LogP) is 4.08. The van der Waals surface area contributed by atoms with Crippen molar-refractivity contribution in [2.45, 2.75) is 0 Å². The maximum absolute atomic E-state index is 13.1. The molecule has 0 saturated heterocycles. The van der Waals surface area contributed by atoms with Gasteiger partial charge in [0.25, 0.3) is 17.7 Å². The van der Waals surface area contributed by atoms with Crippen LogP contribution >= 0.6 is 11.6 Å². The van der Waals surface area contributed by atoms with Gasteiger partial charge in [0.1, 0.15) is 5.82 Å². The van der Waals surface area contributed by atoms with Crippen molar-refractivity contribution < 1.29 is 28.3 Å². The van der Waals surface area contributed by atoms with E-state index in [2.05, 4.69) is 5.32 Å². The number of carbonyl (C=O) groups excluding carboxylic acids is 4. The van der Waals surface area contributed by atoms with Crippen LogP contribution < -0.4 is 10.2 Å². The number of imide groups is 1. The van der Waals surface area contributed by atoms with Crippen LogP contribution in [0, 0.1) is 5.82 Å². The summed E-state index contributed by atoms with van der Waals surface area (Å²) in [5.74, 6) is -3.05. The van der Waals surface area contributed by atoms with Gasteiger partial charge in [-0.05, 0) is 48.5 Å². The van der Waals surface area contributed by atoms with Crippen LogP contribution in [0.2, 0.25) is 5.02 Å². The van der Waals surface area contributed by atoms with Crippen LogP contribution in [0.1, 0.15) is 31.1 Å². The summed E-state index contributed by atoms with van der Waals surface area (Å²) in [5, 5.41) is 2.41. The standard InChI is InChI=1S/C23H14ClFN2O5/c24-18-11-14(25)8-9-19(18)26-20(28)12-32-23(31)13-4-3-5-15(10-13)27-21(29)16-6-1-2-7-17(16)22(27)30/h1-11H,12H2,(H,26,28). The van der Waals surface area contributed by atoms with E-state index in [-0.39, 0.29) is 33.1 Å². The minimum atomic E-state index is -0.830. The maximum Gasteiger partial charge on any atom is 0.338 e. The second-order valence-corrected chi connectivity index (χ2v) is 7.20. The minimum absolute atomic E-state index is 0.00155. The summed E-state index contributed by atoms with van der Waals surface area (Å²) < 4.78 is 18.1. The molecule has 3 aromatic rings. The van der Waals surface area contributed by atoms with Gasteiger partial charge in [0.2, 0.25) is 0 Å². The third-order valence-electron chi connectivity index (χ3n) is 4.67. The minimum Gasteiger partial charge on any atom is -0.452 e. The fourth-order valence-corrected chi connectivity index (χ4v) is 3.40. The van der Waals surface area contributed by atoms with Gasteiger partial charge >= 0.3 is 5.97 Å². The van der Waals surface area contributed by atoms with E-state index in [9.17, 15) is 23.6 Å². The molecule has 1 heterocycles. The lowest BCUT2D eigenvalue weighted by molar-refractivity contribution is -0.119. The normalized spacial score (nSPS) is 12.5. The van der Waals surface area contributed by atoms with Crippen molar-refractivity contribution in [1.29, 1.82) is 0 Å². The second kappa shape index (κ2) is 8.60. The van der Waals surface area contributed by atoms with Gasteiger partial charge in [-0.15, -0.1) is 0 Å². The Morgan fingerprint density at radius 1 is 0.938 bits per heavy atom. The van der Waals surface area contributed by atoms with Crippen LogP contribution in [0.4, 0.5) is 15.8 Å². The Hall–Kier alpha value is -4.04. The number of ether oxygens (including phenoxy) is 1. The molecule has 0 unspecified atom stereocenters. The molecule has 0 aliphatic carbocycles. The zero-order valence-corrected chi connectivity index (χ0v) is 17.1. The van der Waals surface area contributed by atoms with E-state index in [0.29, 0.717) is 0 Å². The number of nitrogens with one attached hydrogen (secondary N) is 1. The number of hydrogen-bond donors (Lipinski definition) is 1. The Labute approximate surface area is 186 Å². The van der Waals surface area contributed by atoms with E-state index in [1.807, 2.05) is 0 Å². The molecule has 4 rings (SSSR count). The zero-order chi connectivity index (χ0) is 22.8. The van der Waals surface area contributed by atoms with Crippen molar-refractivity contribution in [3.05, 3.63) is 94.3 Å². The molecule has 1 aliphatic heterocycles. The molecule has 1 N–H and O–H groups in total. The average Bonchev–Trinajstić information content (AvgIpc) is 3.04. The number of halogens is 2. The molecular formula is C23H14ClFN2O5. The van der Waals surface area contributed by atoms with Crippen molar-refractivity contribution in [1.82, 2.24) is 0 Å². The smallest absolute Gasteiger partial charge is 0.338 e. The van der Waals surface area contributed by atoms with Crippen molar-refractivity contribution in [2.75, 3.05) is 16.8 Å². The molecule has 9 heteroatoms. The molecule has 32 heavy (non-hydrogen) atoms. The monoisotopic (exact) mass is 452 g/mol. The highest BCUT2D eigenvalue weighted by Gasteiger charge is 2.36. The van der Waals surface area contributed by atoms with E-state index in [1.54, 1.807) is 24.3 Å². The maximum atomic E-state index is 13.1. The Morgan fingerprint density at radius 3 is 2.28 bits per heavy atom. The van der Waals surface area contributed by atoms with Crippen molar-refractivity contribution >= 4 is 46.7 Å². The Balaban J connectivity index is 1.43. The van der Waals surface area contributed by atoms with E-state index in [4.69, 9.17) is 16.3 Å². The lowest BCUT2D eigenvalue weighted by atomic mass is 10.1. The van der Waals surface area contributed by atoms with Gasteiger partial charge in [-0.1, -0.05) is 29.8 Å². The average molecular weight is 453 g/mol. The number of amides is 3. The zero-order valence-electron chi connectivity index (χ0n) is 16.3. The van der Waals surface area contributed by atoms with E-state index >= 15 is 0 Å². The summed E-state index contributed by atoms with van der Waals surface area (Å²) in [4.78, 5) is 50.7. The number of esters is 1. The number of fused-ring (bicyclic) bond motifs is 1. The number of rotatable bonds is 5. The summed E-state index contributed by atoms with van der Waals surface area (Å²) in [7, 11) is 0. The molecule has 160 valence electrons. The largest absolute Gasteiger partial charge is 0.452 e. The second-order valence-electron chi connectivity index (χ2n) is 6.79. The van der Waals surface area contributed by atoms with Gasteiger partial charge in [0.05, 0.1) is 33.1 Å². The molecule has 1 aliphatic rings. The van der Waals surface area contributed by atoms with Gasteiger partial charge in [-0.3, -0.25) is 14.4 Å². The van der Waals surface area contributed by atoms with Crippen LogP contribution in [-0.2, 0) is 9.53 Å². The van der Waals surface area contributed by atoms with Gasteiger partial charge in [-0.2, -0.15) is 0 Å². The molecule has 0 atom stereocenters. The van der Waals surface area contributed by atoms with Crippen LogP contribution in [0.5, 0.6) is 0 Å². The Morgan fingerprint density at radius 2 is 1.62 bits per heavy atom. The fourth-order valence-electron chi connectivity index (χ4n) is 3.19. The molecule has 7 nitrogen and oxygen atoms in total. The molecule has 3 amide bonds. The lowest BCUT2D eigenvalue weighted by Gasteiger charge is -2.15. The van der Waals surface area contributed by atoms with Crippen molar-refractivity contribution in [2.24, 2.45) is 0 Å². The fraction of sp³-hybridized carbons (Fsp3) is 0.0435. The number of anilines is 2. The van der Waals surface area contributed by atoms with E-state index in [1.165, 1.54) is 30.3 Å². The van der Waals surface area contributed by atoms with Gasteiger partial charge in [0.15, 0.2) is 6.61 Å². The van der Waals surface area contributed by atoms with Crippen molar-refractivity contribution in [3.8, 4) is 0 Å². The van der Waals surface area contributed by atoms with Gasteiger partial charge in [-0.25, -0.2) is 14.1 Å². The van der Waals surface area contributed by atoms with Crippen LogP contribution in [0.15, 0.2) is 66.7 Å². The number of benzene rings is 3. The first-order chi connectivity index (χ1) is 15.3.